The van der Waals surface area contributed by atoms with Gasteiger partial charge in [-0.05, 0) is 18.2 Å². The van der Waals surface area contributed by atoms with E-state index in [1.807, 2.05) is 17.8 Å². The molecule has 1 fully saturated rings. The van der Waals surface area contributed by atoms with Crippen molar-refractivity contribution in [2.24, 2.45) is 0 Å². The van der Waals surface area contributed by atoms with Gasteiger partial charge in [0.2, 0.25) is 0 Å². The molecule has 0 N–H and O–H groups in total. The summed E-state index contributed by atoms with van der Waals surface area (Å²) in [6.07, 6.45) is 1.78. The van der Waals surface area contributed by atoms with Gasteiger partial charge in [0.25, 0.3) is 0 Å². The second-order valence-corrected chi connectivity index (χ2v) is 5.96. The van der Waals surface area contributed by atoms with E-state index in [-0.39, 0.29) is 0 Å². The number of nitrogens with zero attached hydrogens (tertiary/aromatic N) is 3. The third-order valence-corrected chi connectivity index (χ3v) is 4.24. The molecule has 3 rings (SSSR count). The molecular weight excluding hydrogens is 280 g/mol. The van der Waals surface area contributed by atoms with Crippen LogP contribution in [0.3, 0.4) is 0 Å². The zero-order valence-electron chi connectivity index (χ0n) is 10.9. The van der Waals surface area contributed by atoms with Gasteiger partial charge in [-0.25, -0.2) is 13.5 Å². The van der Waals surface area contributed by atoms with Gasteiger partial charge >= 0.3 is 0 Å². The maximum Gasteiger partial charge on any atom is 0.160 e. The van der Waals surface area contributed by atoms with Crippen molar-refractivity contribution in [3.05, 3.63) is 47.8 Å². The molecule has 3 nitrogen and oxygen atoms in total. The van der Waals surface area contributed by atoms with Crippen LogP contribution >= 0.6 is 11.8 Å². The Labute approximate surface area is 120 Å². The third kappa shape index (κ3) is 3.02. The van der Waals surface area contributed by atoms with Crippen LogP contribution in [0.2, 0.25) is 0 Å². The molecule has 2 heterocycles. The number of hydrogen-bond donors (Lipinski definition) is 0. The number of thioether (sulfide) groups is 1. The Hall–Kier alpha value is -1.40. The molecule has 1 aromatic heterocycles. The molecule has 6 heteroatoms. The predicted octanol–water partition coefficient (Wildman–Crippen LogP) is 2.70. The largest absolute Gasteiger partial charge is 0.296 e. The fourth-order valence-corrected chi connectivity index (χ4v) is 3.18. The topological polar surface area (TPSA) is 21.1 Å². The first-order chi connectivity index (χ1) is 9.72. The lowest BCUT2D eigenvalue weighted by Crippen LogP contribution is -2.32. The summed E-state index contributed by atoms with van der Waals surface area (Å²) in [7, 11) is 0. The highest BCUT2D eigenvalue weighted by atomic mass is 32.2. The minimum Gasteiger partial charge on any atom is -0.296 e. The summed E-state index contributed by atoms with van der Waals surface area (Å²) in [4.78, 5) is 2.36. The van der Waals surface area contributed by atoms with Gasteiger partial charge in [0.05, 0.1) is 11.4 Å². The van der Waals surface area contributed by atoms with E-state index in [0.29, 0.717) is 5.69 Å². The monoisotopic (exact) mass is 295 g/mol. The first-order valence-electron chi connectivity index (χ1n) is 6.52. The molecule has 0 radical (unpaired) electrons. The zero-order valence-corrected chi connectivity index (χ0v) is 11.7. The molecule has 0 saturated carbocycles. The summed E-state index contributed by atoms with van der Waals surface area (Å²) in [6, 6.07) is 5.72. The van der Waals surface area contributed by atoms with Gasteiger partial charge in [-0.15, -0.1) is 0 Å². The summed E-state index contributed by atoms with van der Waals surface area (Å²) >= 11 is 1.97. The molecule has 0 bridgehead atoms. The van der Waals surface area contributed by atoms with Crippen molar-refractivity contribution < 1.29 is 8.78 Å². The minimum absolute atomic E-state index is 0.532. The van der Waals surface area contributed by atoms with Gasteiger partial charge in [-0.1, -0.05) is 0 Å². The van der Waals surface area contributed by atoms with E-state index in [1.165, 1.54) is 6.07 Å². The Morgan fingerprint density at radius 2 is 1.90 bits per heavy atom. The normalized spacial score (nSPS) is 16.5. The fourth-order valence-electron chi connectivity index (χ4n) is 2.21. The fraction of sp³-hybridized carbons (Fsp3) is 0.357. The molecule has 1 aliphatic rings. The highest BCUT2D eigenvalue weighted by Crippen LogP contribution is 2.15. The van der Waals surface area contributed by atoms with E-state index in [1.54, 1.807) is 10.9 Å². The van der Waals surface area contributed by atoms with Crippen LogP contribution in [0.25, 0.3) is 5.69 Å². The van der Waals surface area contributed by atoms with Crippen LogP contribution in [0, 0.1) is 11.6 Å². The molecule has 0 spiro atoms. The summed E-state index contributed by atoms with van der Waals surface area (Å²) < 4.78 is 27.7. The summed E-state index contributed by atoms with van der Waals surface area (Å²) in [6.45, 7) is 2.95. The summed E-state index contributed by atoms with van der Waals surface area (Å²) in [5, 5.41) is 4.42. The van der Waals surface area contributed by atoms with Crippen molar-refractivity contribution in [2.45, 2.75) is 6.54 Å². The van der Waals surface area contributed by atoms with E-state index in [9.17, 15) is 8.78 Å². The van der Waals surface area contributed by atoms with Gasteiger partial charge < -0.3 is 0 Å². The second kappa shape index (κ2) is 5.93. The van der Waals surface area contributed by atoms with Crippen LogP contribution in [0.5, 0.6) is 0 Å². The molecule has 2 aromatic rings. The molecule has 106 valence electrons. The lowest BCUT2D eigenvalue weighted by Gasteiger charge is -2.25. The SMILES string of the molecule is Fc1ccc(-n2ccc(CN3CCSCC3)n2)cc1F. The highest BCUT2D eigenvalue weighted by Gasteiger charge is 2.12. The van der Waals surface area contributed by atoms with Crippen LogP contribution in [-0.2, 0) is 6.54 Å². The Kier molecular flexibility index (Phi) is 4.03. The van der Waals surface area contributed by atoms with Crippen LogP contribution in [-0.4, -0.2) is 39.3 Å². The molecule has 1 aliphatic heterocycles. The van der Waals surface area contributed by atoms with Crippen molar-refractivity contribution in [1.82, 2.24) is 14.7 Å². The van der Waals surface area contributed by atoms with Crippen molar-refractivity contribution in [3.63, 3.8) is 0 Å². The summed E-state index contributed by atoms with van der Waals surface area (Å²) in [5.41, 5.74) is 1.48. The van der Waals surface area contributed by atoms with Gasteiger partial charge in [0, 0.05) is 43.4 Å². The van der Waals surface area contributed by atoms with E-state index in [4.69, 9.17) is 0 Å². The Morgan fingerprint density at radius 1 is 1.10 bits per heavy atom. The van der Waals surface area contributed by atoms with Crippen molar-refractivity contribution in [2.75, 3.05) is 24.6 Å². The predicted molar refractivity (Wildman–Crippen MR) is 76.1 cm³/mol. The quantitative estimate of drug-likeness (QED) is 0.869. The smallest absolute Gasteiger partial charge is 0.160 e. The molecule has 0 atom stereocenters. The number of aromatic nitrogens is 2. The zero-order chi connectivity index (χ0) is 13.9. The maximum atomic E-state index is 13.2. The maximum absolute atomic E-state index is 13.2. The molecule has 1 saturated heterocycles. The van der Waals surface area contributed by atoms with E-state index >= 15 is 0 Å². The molecule has 20 heavy (non-hydrogen) atoms. The Balaban J connectivity index is 1.73. The van der Waals surface area contributed by atoms with Crippen molar-refractivity contribution in [3.8, 4) is 5.69 Å². The lowest BCUT2D eigenvalue weighted by molar-refractivity contribution is 0.290. The van der Waals surface area contributed by atoms with Gasteiger partial charge in [-0.2, -0.15) is 16.9 Å². The van der Waals surface area contributed by atoms with Crippen LogP contribution in [0.15, 0.2) is 30.5 Å². The third-order valence-electron chi connectivity index (χ3n) is 3.30. The van der Waals surface area contributed by atoms with Gasteiger partial charge in [0.1, 0.15) is 0 Å². The lowest BCUT2D eigenvalue weighted by atomic mass is 10.3. The van der Waals surface area contributed by atoms with Crippen LogP contribution in [0.4, 0.5) is 8.78 Å². The molecule has 0 amide bonds. The number of benzene rings is 1. The average Bonchev–Trinajstić information content (AvgIpc) is 2.91. The minimum atomic E-state index is -0.854. The van der Waals surface area contributed by atoms with E-state index in [2.05, 4.69) is 10.00 Å². The number of halogens is 2. The van der Waals surface area contributed by atoms with Crippen molar-refractivity contribution >= 4 is 11.8 Å². The molecule has 1 aromatic carbocycles. The van der Waals surface area contributed by atoms with Crippen LogP contribution < -0.4 is 0 Å². The van der Waals surface area contributed by atoms with Crippen molar-refractivity contribution in [1.29, 1.82) is 0 Å². The molecule has 0 unspecified atom stereocenters. The standard InChI is InChI=1S/C14H15F2N3S/c15-13-2-1-12(9-14(13)16)19-4-3-11(17-19)10-18-5-7-20-8-6-18/h1-4,9H,5-8,10H2. The van der Waals surface area contributed by atoms with Gasteiger partial charge in [0.15, 0.2) is 11.6 Å². The number of hydrogen-bond acceptors (Lipinski definition) is 3. The molecular formula is C14H15F2N3S. The molecule has 0 aliphatic carbocycles. The second-order valence-electron chi connectivity index (χ2n) is 4.74. The Morgan fingerprint density at radius 3 is 2.65 bits per heavy atom. The first kappa shape index (κ1) is 13.6. The van der Waals surface area contributed by atoms with Crippen LogP contribution in [0.1, 0.15) is 5.69 Å². The van der Waals surface area contributed by atoms with E-state index < -0.39 is 11.6 Å². The highest BCUT2D eigenvalue weighted by molar-refractivity contribution is 7.99. The average molecular weight is 295 g/mol. The first-order valence-corrected chi connectivity index (χ1v) is 7.68. The van der Waals surface area contributed by atoms with Gasteiger partial charge in [-0.3, -0.25) is 4.90 Å². The summed E-state index contributed by atoms with van der Waals surface area (Å²) in [5.74, 6) is 0.618. The number of rotatable bonds is 3. The Bertz CT molecular complexity index is 594. The van der Waals surface area contributed by atoms with E-state index in [0.717, 1.165) is 49.0 Å².